The molecule has 0 aliphatic carbocycles. The van der Waals surface area contributed by atoms with Crippen molar-refractivity contribution in [2.75, 3.05) is 52.9 Å². The van der Waals surface area contributed by atoms with Gasteiger partial charge in [0.15, 0.2) is 0 Å². The molecule has 0 fully saturated rings. The zero-order valence-corrected chi connectivity index (χ0v) is 17.3. The summed E-state index contributed by atoms with van der Waals surface area (Å²) in [6.45, 7) is 5.71. The van der Waals surface area contributed by atoms with E-state index in [2.05, 4.69) is 17.6 Å². The van der Waals surface area contributed by atoms with Crippen molar-refractivity contribution in [3.63, 3.8) is 0 Å². The predicted octanol–water partition coefficient (Wildman–Crippen LogP) is 1.37. The summed E-state index contributed by atoms with van der Waals surface area (Å²) in [6, 6.07) is 5.17. The van der Waals surface area contributed by atoms with E-state index in [1.54, 1.807) is 37.3 Å². The van der Waals surface area contributed by atoms with Crippen molar-refractivity contribution in [1.82, 2.24) is 10.2 Å². The van der Waals surface area contributed by atoms with Crippen molar-refractivity contribution in [1.29, 1.82) is 0 Å². The van der Waals surface area contributed by atoms with Crippen LogP contribution < -0.4 is 15.4 Å². The minimum atomic E-state index is -0.289. The minimum absolute atomic E-state index is 0.0575. The summed E-state index contributed by atoms with van der Waals surface area (Å²) in [6.07, 6.45) is -0.0953. The lowest BCUT2D eigenvalue weighted by Crippen LogP contribution is -2.44. The molecule has 8 heteroatoms. The molecule has 1 aliphatic heterocycles. The average Bonchev–Trinajstić information content (AvgIpc) is 2.67. The third-order valence-electron chi connectivity index (χ3n) is 4.78. The summed E-state index contributed by atoms with van der Waals surface area (Å²) in [7, 11) is 4.85. The van der Waals surface area contributed by atoms with Crippen LogP contribution in [0.25, 0.3) is 0 Å². The highest BCUT2D eigenvalue weighted by atomic mass is 16.5. The van der Waals surface area contributed by atoms with Gasteiger partial charge >= 0.3 is 0 Å². The quantitative estimate of drug-likeness (QED) is 0.803. The van der Waals surface area contributed by atoms with Crippen LogP contribution >= 0.6 is 0 Å². The van der Waals surface area contributed by atoms with Gasteiger partial charge in [0.25, 0.3) is 5.91 Å². The molecule has 28 heavy (non-hydrogen) atoms. The van der Waals surface area contributed by atoms with Crippen LogP contribution in [-0.4, -0.2) is 76.4 Å². The smallest absolute Gasteiger partial charge is 0.257 e. The number of methoxy groups -OCH3 is 2. The van der Waals surface area contributed by atoms with Crippen molar-refractivity contribution in [3.05, 3.63) is 23.8 Å². The second kappa shape index (κ2) is 10.4. The molecule has 0 unspecified atom stereocenters. The van der Waals surface area contributed by atoms with Crippen LogP contribution in [0.4, 0.5) is 5.69 Å². The Kier molecular flexibility index (Phi) is 8.22. The number of nitrogens with zero attached hydrogens (tertiary/aromatic N) is 1. The molecule has 0 saturated heterocycles. The third-order valence-corrected chi connectivity index (χ3v) is 4.78. The van der Waals surface area contributed by atoms with Gasteiger partial charge in [-0.2, -0.15) is 0 Å². The molecule has 2 amide bonds. The van der Waals surface area contributed by atoms with E-state index < -0.39 is 0 Å². The largest absolute Gasteiger partial charge is 0.491 e. The fourth-order valence-corrected chi connectivity index (χ4v) is 3.07. The van der Waals surface area contributed by atoms with Gasteiger partial charge in [0.1, 0.15) is 19.0 Å². The number of rotatable bonds is 4. The highest BCUT2D eigenvalue weighted by Crippen LogP contribution is 2.25. The Labute approximate surface area is 166 Å². The lowest BCUT2D eigenvalue weighted by molar-refractivity contribution is -0.119. The maximum absolute atomic E-state index is 13.1. The lowest BCUT2D eigenvalue weighted by atomic mass is 10.0. The number of fused-ring (bicyclic) bond motifs is 1. The SMILES string of the molecule is COCC(=O)Nc1ccc2c(c1)C(=O)N(C)C[C@@H](OC)[C@H](C)CN[C@H](C)CO2. The number of ether oxygens (including phenoxy) is 3. The van der Waals surface area contributed by atoms with Crippen molar-refractivity contribution in [2.24, 2.45) is 5.92 Å². The van der Waals surface area contributed by atoms with E-state index in [9.17, 15) is 9.59 Å². The minimum Gasteiger partial charge on any atom is -0.491 e. The number of carbonyl (C=O) groups is 2. The standard InChI is InChI=1S/C20H31N3O5/c1-13-9-21-14(2)11-28-17-7-6-15(22-19(24)12-26-4)8-16(17)20(25)23(3)10-18(13)27-5/h6-8,13-14,18,21H,9-12H2,1-5H3,(H,22,24)/t13-,14-,18-/m1/s1. The average molecular weight is 393 g/mol. The highest BCUT2D eigenvalue weighted by Gasteiger charge is 2.25. The van der Waals surface area contributed by atoms with E-state index in [0.717, 1.165) is 6.54 Å². The van der Waals surface area contributed by atoms with Gasteiger partial charge in [0, 0.05) is 46.1 Å². The van der Waals surface area contributed by atoms with Gasteiger partial charge in [0.05, 0.1) is 11.7 Å². The van der Waals surface area contributed by atoms with Crippen molar-refractivity contribution in [2.45, 2.75) is 26.0 Å². The Morgan fingerprint density at radius 1 is 1.36 bits per heavy atom. The van der Waals surface area contributed by atoms with Crippen molar-refractivity contribution < 1.29 is 23.8 Å². The normalized spacial score (nSPS) is 23.8. The van der Waals surface area contributed by atoms with E-state index in [0.29, 0.717) is 30.2 Å². The molecule has 1 heterocycles. The summed E-state index contributed by atoms with van der Waals surface area (Å²) in [5.41, 5.74) is 0.911. The zero-order chi connectivity index (χ0) is 20.7. The van der Waals surface area contributed by atoms with Gasteiger partial charge in [-0.1, -0.05) is 6.92 Å². The molecule has 2 rings (SSSR count). The number of likely N-dealkylation sites (N-methyl/N-ethyl adjacent to an activating group) is 1. The van der Waals surface area contributed by atoms with Crippen molar-refractivity contribution >= 4 is 17.5 Å². The topological polar surface area (TPSA) is 89.1 Å². The van der Waals surface area contributed by atoms with Gasteiger partial charge in [-0.05, 0) is 31.0 Å². The molecule has 1 aromatic rings. The molecule has 0 bridgehead atoms. The Morgan fingerprint density at radius 3 is 2.79 bits per heavy atom. The number of carbonyl (C=O) groups excluding carboxylic acids is 2. The van der Waals surface area contributed by atoms with E-state index in [1.807, 2.05) is 6.92 Å². The van der Waals surface area contributed by atoms with E-state index >= 15 is 0 Å². The molecule has 3 atom stereocenters. The second-order valence-electron chi connectivity index (χ2n) is 7.25. The number of benzene rings is 1. The maximum Gasteiger partial charge on any atom is 0.257 e. The van der Waals surface area contributed by atoms with E-state index in [1.165, 1.54) is 7.11 Å². The van der Waals surface area contributed by atoms with Crippen LogP contribution in [0.1, 0.15) is 24.2 Å². The van der Waals surface area contributed by atoms with Gasteiger partial charge in [0.2, 0.25) is 5.91 Å². The van der Waals surface area contributed by atoms with Crippen LogP contribution in [0.2, 0.25) is 0 Å². The van der Waals surface area contributed by atoms with Crippen LogP contribution in [0, 0.1) is 5.92 Å². The Hall–Kier alpha value is -2.16. The summed E-state index contributed by atoms with van der Waals surface area (Å²) >= 11 is 0. The second-order valence-corrected chi connectivity index (χ2v) is 7.25. The van der Waals surface area contributed by atoms with Crippen LogP contribution in [-0.2, 0) is 14.3 Å². The van der Waals surface area contributed by atoms with E-state index in [4.69, 9.17) is 14.2 Å². The van der Waals surface area contributed by atoms with Crippen molar-refractivity contribution in [3.8, 4) is 5.75 Å². The van der Waals surface area contributed by atoms with Gasteiger partial charge in [-0.25, -0.2) is 0 Å². The number of hydrogen-bond acceptors (Lipinski definition) is 6. The molecule has 8 nitrogen and oxygen atoms in total. The number of anilines is 1. The number of nitrogens with one attached hydrogen (secondary N) is 2. The van der Waals surface area contributed by atoms with Gasteiger partial charge < -0.3 is 29.7 Å². The lowest BCUT2D eigenvalue weighted by Gasteiger charge is -2.30. The highest BCUT2D eigenvalue weighted by molar-refractivity contribution is 5.99. The molecule has 0 aromatic heterocycles. The van der Waals surface area contributed by atoms with Gasteiger partial charge in [-0.15, -0.1) is 0 Å². The fourth-order valence-electron chi connectivity index (χ4n) is 3.07. The summed E-state index contributed by atoms with van der Waals surface area (Å²) in [5, 5.41) is 6.17. The Balaban J connectivity index is 2.33. The number of amides is 2. The fraction of sp³-hybridized carbons (Fsp3) is 0.600. The van der Waals surface area contributed by atoms with Crippen LogP contribution in [0.5, 0.6) is 5.75 Å². The summed E-state index contributed by atoms with van der Waals surface area (Å²) in [4.78, 5) is 26.5. The molecular weight excluding hydrogens is 362 g/mol. The van der Waals surface area contributed by atoms with Gasteiger partial charge in [-0.3, -0.25) is 9.59 Å². The summed E-state index contributed by atoms with van der Waals surface area (Å²) in [5.74, 6) is 0.232. The first-order chi connectivity index (χ1) is 13.3. The van der Waals surface area contributed by atoms with Crippen LogP contribution in [0.3, 0.4) is 0 Å². The first kappa shape index (κ1) is 22.1. The predicted molar refractivity (Wildman–Crippen MR) is 107 cm³/mol. The molecule has 1 aliphatic rings. The maximum atomic E-state index is 13.1. The Bertz CT molecular complexity index is 682. The Morgan fingerprint density at radius 2 is 2.11 bits per heavy atom. The first-order valence-corrected chi connectivity index (χ1v) is 9.43. The molecule has 0 radical (unpaired) electrons. The molecule has 0 saturated carbocycles. The monoisotopic (exact) mass is 393 g/mol. The third kappa shape index (κ3) is 5.92. The first-order valence-electron chi connectivity index (χ1n) is 9.43. The van der Waals surface area contributed by atoms with E-state index in [-0.39, 0.29) is 36.5 Å². The number of hydrogen-bond donors (Lipinski definition) is 2. The summed E-state index contributed by atoms with van der Waals surface area (Å²) < 4.78 is 16.4. The molecule has 0 spiro atoms. The zero-order valence-electron chi connectivity index (χ0n) is 17.3. The van der Waals surface area contributed by atoms with Crippen LogP contribution in [0.15, 0.2) is 18.2 Å². The molecule has 2 N–H and O–H groups in total. The molecular formula is C20H31N3O5. The molecule has 156 valence electrons. The molecule has 1 aromatic carbocycles.